The Hall–Kier alpha value is -1.84. The molecule has 1 aromatic carbocycles. The normalized spacial score (nSPS) is 11.8. The molecule has 0 aliphatic heterocycles. The maximum absolute atomic E-state index is 14.1. The molecular formula is C20H31FIN5O. The van der Waals surface area contributed by atoms with Crippen molar-refractivity contribution in [2.75, 3.05) is 25.5 Å². The first kappa shape index (κ1) is 24.2. The molecule has 6 nitrogen and oxygen atoms in total. The van der Waals surface area contributed by atoms with Gasteiger partial charge in [0.05, 0.1) is 25.0 Å². The summed E-state index contributed by atoms with van der Waals surface area (Å²) >= 11 is 0. The van der Waals surface area contributed by atoms with Crippen molar-refractivity contribution in [3.63, 3.8) is 0 Å². The lowest BCUT2D eigenvalue weighted by Gasteiger charge is -2.14. The van der Waals surface area contributed by atoms with E-state index in [1.807, 2.05) is 27.1 Å². The third kappa shape index (κ3) is 6.96. The molecule has 0 unspecified atom stereocenters. The number of hydrogen-bond donors (Lipinski definition) is 2. The van der Waals surface area contributed by atoms with Crippen molar-refractivity contribution in [3.8, 4) is 0 Å². The minimum atomic E-state index is -0.250. The van der Waals surface area contributed by atoms with Crippen molar-refractivity contribution in [2.24, 2.45) is 4.99 Å². The molecular weight excluding hydrogens is 472 g/mol. The van der Waals surface area contributed by atoms with Gasteiger partial charge in [0, 0.05) is 26.1 Å². The summed E-state index contributed by atoms with van der Waals surface area (Å²) in [6, 6.07) is 5.17. The van der Waals surface area contributed by atoms with E-state index in [0.717, 1.165) is 17.9 Å². The van der Waals surface area contributed by atoms with Gasteiger partial charge < -0.3 is 20.0 Å². The second-order valence-electron chi connectivity index (χ2n) is 7.60. The number of hydrogen-bond acceptors (Lipinski definition) is 4. The van der Waals surface area contributed by atoms with E-state index in [2.05, 4.69) is 41.4 Å². The fourth-order valence-corrected chi connectivity index (χ4v) is 2.42. The summed E-state index contributed by atoms with van der Waals surface area (Å²) in [4.78, 5) is 10.6. The van der Waals surface area contributed by atoms with Crippen molar-refractivity contribution in [3.05, 3.63) is 47.4 Å². The van der Waals surface area contributed by atoms with Gasteiger partial charge in [-0.3, -0.25) is 0 Å². The average molecular weight is 503 g/mol. The fraction of sp³-hybridized carbons (Fsp3) is 0.500. The molecule has 0 saturated heterocycles. The number of halogens is 2. The van der Waals surface area contributed by atoms with Crippen molar-refractivity contribution in [1.82, 2.24) is 15.6 Å². The summed E-state index contributed by atoms with van der Waals surface area (Å²) in [5.41, 5.74) is 1.29. The van der Waals surface area contributed by atoms with Gasteiger partial charge in [0.15, 0.2) is 5.96 Å². The summed E-state index contributed by atoms with van der Waals surface area (Å²) in [5, 5.41) is 6.37. The number of nitrogens with zero attached hydrogens (tertiary/aromatic N) is 3. The maximum Gasteiger partial charge on any atom is 0.213 e. The number of aromatic nitrogens is 1. The zero-order valence-corrected chi connectivity index (χ0v) is 19.8. The largest absolute Gasteiger partial charge is 0.443 e. The van der Waals surface area contributed by atoms with Gasteiger partial charge >= 0.3 is 0 Å². The first-order valence-electron chi connectivity index (χ1n) is 9.13. The molecule has 156 valence electrons. The van der Waals surface area contributed by atoms with E-state index in [-0.39, 0.29) is 35.2 Å². The van der Waals surface area contributed by atoms with E-state index in [4.69, 9.17) is 4.42 Å². The van der Waals surface area contributed by atoms with Crippen LogP contribution in [-0.4, -0.2) is 31.6 Å². The molecule has 1 heterocycles. The predicted octanol–water partition coefficient (Wildman–Crippen LogP) is 4.05. The highest BCUT2D eigenvalue weighted by atomic mass is 127. The monoisotopic (exact) mass is 503 g/mol. The summed E-state index contributed by atoms with van der Waals surface area (Å²) in [7, 11) is 3.63. The van der Waals surface area contributed by atoms with E-state index < -0.39 is 0 Å². The Morgan fingerprint density at radius 2 is 1.96 bits per heavy atom. The number of benzene rings is 1. The fourth-order valence-electron chi connectivity index (χ4n) is 2.42. The maximum atomic E-state index is 14.1. The molecule has 0 amide bonds. The van der Waals surface area contributed by atoms with E-state index in [9.17, 15) is 4.39 Å². The minimum absolute atomic E-state index is 0. The Bertz CT molecular complexity index is 783. The summed E-state index contributed by atoms with van der Waals surface area (Å²) in [6.45, 7) is 9.75. The second-order valence-corrected chi connectivity index (χ2v) is 7.60. The summed E-state index contributed by atoms with van der Waals surface area (Å²) in [6.07, 6.45) is 1.76. The Labute approximate surface area is 184 Å². The third-order valence-electron chi connectivity index (χ3n) is 3.96. The van der Waals surface area contributed by atoms with Gasteiger partial charge in [-0.1, -0.05) is 26.8 Å². The molecule has 1 aromatic heterocycles. The Morgan fingerprint density at radius 1 is 1.25 bits per heavy atom. The second kappa shape index (κ2) is 10.6. The quantitative estimate of drug-likeness (QED) is 0.354. The number of aliphatic imine (C=N–C) groups is 1. The van der Waals surface area contributed by atoms with E-state index in [0.29, 0.717) is 30.6 Å². The molecule has 2 aromatic rings. The van der Waals surface area contributed by atoms with E-state index >= 15 is 0 Å². The van der Waals surface area contributed by atoms with Crippen LogP contribution in [0.25, 0.3) is 0 Å². The highest BCUT2D eigenvalue weighted by Crippen LogP contribution is 2.22. The smallest absolute Gasteiger partial charge is 0.213 e. The lowest BCUT2D eigenvalue weighted by molar-refractivity contribution is 0.379. The Morgan fingerprint density at radius 3 is 2.50 bits per heavy atom. The van der Waals surface area contributed by atoms with Crippen LogP contribution in [0.5, 0.6) is 0 Å². The Kier molecular flexibility index (Phi) is 9.19. The molecule has 28 heavy (non-hydrogen) atoms. The van der Waals surface area contributed by atoms with Crippen molar-refractivity contribution >= 4 is 35.6 Å². The van der Waals surface area contributed by atoms with Crippen LogP contribution in [0.15, 0.2) is 33.8 Å². The standard InChI is InChI=1S/C20H30FN5O.HI/c1-7-22-19(25-13-18-23-12-17(27-18)20(2,3)4)24-11-14-8-9-16(26(5)6)15(21)10-14;/h8-10,12H,7,11,13H2,1-6H3,(H2,22,24,25);1H. The van der Waals surface area contributed by atoms with Crippen molar-refractivity contribution < 1.29 is 8.81 Å². The van der Waals surface area contributed by atoms with Gasteiger partial charge in [-0.25, -0.2) is 14.4 Å². The zero-order valence-electron chi connectivity index (χ0n) is 17.5. The van der Waals surface area contributed by atoms with Gasteiger partial charge in [0.25, 0.3) is 0 Å². The van der Waals surface area contributed by atoms with Crippen LogP contribution in [-0.2, 0) is 18.5 Å². The molecule has 0 bridgehead atoms. The van der Waals surface area contributed by atoms with Crippen LogP contribution in [0.4, 0.5) is 10.1 Å². The first-order chi connectivity index (χ1) is 12.7. The first-order valence-corrected chi connectivity index (χ1v) is 9.13. The average Bonchev–Trinajstić information content (AvgIpc) is 3.06. The molecule has 8 heteroatoms. The van der Waals surface area contributed by atoms with Gasteiger partial charge in [0.1, 0.15) is 11.6 Å². The van der Waals surface area contributed by atoms with Crippen LogP contribution in [0.1, 0.15) is 44.9 Å². The van der Waals surface area contributed by atoms with Crippen molar-refractivity contribution in [2.45, 2.75) is 46.2 Å². The van der Waals surface area contributed by atoms with Crippen LogP contribution >= 0.6 is 24.0 Å². The summed E-state index contributed by atoms with van der Waals surface area (Å²) < 4.78 is 19.9. The minimum Gasteiger partial charge on any atom is -0.443 e. The van der Waals surface area contributed by atoms with Gasteiger partial charge in [-0.15, -0.1) is 24.0 Å². The van der Waals surface area contributed by atoms with Gasteiger partial charge in [-0.05, 0) is 24.6 Å². The SMILES string of the molecule is CCNC(=NCc1ccc(N(C)C)c(F)c1)NCc1ncc(C(C)(C)C)o1.I. The van der Waals surface area contributed by atoms with Crippen LogP contribution in [0.2, 0.25) is 0 Å². The molecule has 0 fully saturated rings. The Balaban J connectivity index is 0.00000392. The van der Waals surface area contributed by atoms with E-state index in [1.54, 1.807) is 17.2 Å². The highest BCUT2D eigenvalue weighted by molar-refractivity contribution is 14.0. The number of rotatable bonds is 6. The molecule has 2 N–H and O–H groups in total. The van der Waals surface area contributed by atoms with Crippen LogP contribution in [0.3, 0.4) is 0 Å². The highest BCUT2D eigenvalue weighted by Gasteiger charge is 2.19. The molecule has 0 atom stereocenters. The van der Waals surface area contributed by atoms with Gasteiger partial charge in [0.2, 0.25) is 5.89 Å². The molecule has 0 aliphatic carbocycles. The predicted molar refractivity (Wildman–Crippen MR) is 123 cm³/mol. The molecule has 0 saturated carbocycles. The van der Waals surface area contributed by atoms with Gasteiger partial charge in [-0.2, -0.15) is 0 Å². The zero-order chi connectivity index (χ0) is 20.0. The lowest BCUT2D eigenvalue weighted by atomic mass is 9.94. The number of oxazole rings is 1. The molecule has 0 aliphatic rings. The lowest BCUT2D eigenvalue weighted by Crippen LogP contribution is -2.36. The molecule has 0 radical (unpaired) electrons. The van der Waals surface area contributed by atoms with E-state index in [1.165, 1.54) is 6.07 Å². The number of nitrogens with one attached hydrogen (secondary N) is 2. The third-order valence-corrected chi connectivity index (χ3v) is 3.96. The van der Waals surface area contributed by atoms with Crippen LogP contribution < -0.4 is 15.5 Å². The molecule has 2 rings (SSSR count). The van der Waals surface area contributed by atoms with Crippen molar-refractivity contribution in [1.29, 1.82) is 0 Å². The topological polar surface area (TPSA) is 65.7 Å². The number of guanidine groups is 1. The summed E-state index contributed by atoms with van der Waals surface area (Å²) in [5.74, 6) is 1.83. The van der Waals surface area contributed by atoms with Crippen LogP contribution in [0, 0.1) is 5.82 Å². The molecule has 0 spiro atoms. The number of anilines is 1.